The zero-order chi connectivity index (χ0) is 11.4. The highest BCUT2D eigenvalue weighted by Gasteiger charge is 2.19. The van der Waals surface area contributed by atoms with E-state index in [-0.39, 0.29) is 5.43 Å². The maximum absolute atomic E-state index is 11.5. The van der Waals surface area contributed by atoms with Gasteiger partial charge in [-0.25, -0.2) is 0 Å². The van der Waals surface area contributed by atoms with Crippen molar-refractivity contribution in [2.24, 2.45) is 0 Å². The molecule has 88 valence electrons. The zero-order valence-corrected chi connectivity index (χ0v) is 9.70. The highest BCUT2D eigenvalue weighted by molar-refractivity contribution is 5.08. The van der Waals surface area contributed by atoms with Crippen LogP contribution >= 0.6 is 0 Å². The van der Waals surface area contributed by atoms with Gasteiger partial charge in [-0.3, -0.25) is 4.79 Å². The summed E-state index contributed by atoms with van der Waals surface area (Å²) < 4.78 is 0. The van der Waals surface area contributed by atoms with E-state index in [1.165, 1.54) is 12.8 Å². The van der Waals surface area contributed by atoms with Gasteiger partial charge >= 0.3 is 0 Å². The van der Waals surface area contributed by atoms with Crippen molar-refractivity contribution < 1.29 is 0 Å². The minimum absolute atomic E-state index is 0.112. The number of likely N-dealkylation sites (N-methyl/N-ethyl adjacent to an activating group) is 1. The quantitative estimate of drug-likeness (QED) is 0.738. The number of nitrogens with zero attached hydrogens (tertiary/aromatic N) is 1. The highest BCUT2D eigenvalue weighted by atomic mass is 16.1. The molecule has 1 fully saturated rings. The monoisotopic (exact) mass is 221 g/mol. The largest absolute Gasteiger partial charge is 0.367 e. The average Bonchev–Trinajstić information content (AvgIpc) is 3.05. The maximum atomic E-state index is 11.5. The lowest BCUT2D eigenvalue weighted by atomic mass is 10.2. The first-order valence-electron chi connectivity index (χ1n) is 5.83. The van der Waals surface area contributed by atoms with Crippen molar-refractivity contribution in [3.63, 3.8) is 0 Å². The molecule has 1 aromatic rings. The van der Waals surface area contributed by atoms with E-state index in [2.05, 4.69) is 15.2 Å². The van der Waals surface area contributed by atoms with Crippen LogP contribution in [0.4, 0.5) is 0 Å². The molecule has 2 N–H and O–H groups in total. The number of H-pyrrole nitrogens is 1. The Kier molecular flexibility index (Phi) is 3.74. The van der Waals surface area contributed by atoms with Crippen molar-refractivity contribution in [2.45, 2.75) is 25.4 Å². The van der Waals surface area contributed by atoms with Crippen molar-refractivity contribution >= 4 is 0 Å². The van der Waals surface area contributed by atoms with Gasteiger partial charge in [0.1, 0.15) is 0 Å². The molecule has 0 radical (unpaired) electrons. The molecule has 2 rings (SSSR count). The molecular formula is C12H19N3O. The Balaban J connectivity index is 1.75. The molecule has 0 aliphatic heterocycles. The predicted molar refractivity (Wildman–Crippen MR) is 64.4 cm³/mol. The fourth-order valence-corrected chi connectivity index (χ4v) is 1.69. The molecule has 0 unspecified atom stereocenters. The third-order valence-corrected chi connectivity index (χ3v) is 2.85. The number of pyridine rings is 1. The van der Waals surface area contributed by atoms with Crippen LogP contribution in [0, 0.1) is 0 Å². The van der Waals surface area contributed by atoms with Crippen molar-refractivity contribution in [1.82, 2.24) is 15.2 Å². The lowest BCUT2D eigenvalue weighted by Crippen LogP contribution is -2.31. The Morgan fingerprint density at radius 2 is 2.38 bits per heavy atom. The minimum atomic E-state index is 0.112. The summed E-state index contributed by atoms with van der Waals surface area (Å²) in [6, 6.07) is 2.33. The zero-order valence-electron chi connectivity index (χ0n) is 9.70. The van der Waals surface area contributed by atoms with E-state index < -0.39 is 0 Å². The molecule has 1 aromatic heterocycles. The molecule has 1 aliphatic rings. The summed E-state index contributed by atoms with van der Waals surface area (Å²) in [6.45, 7) is 2.69. The van der Waals surface area contributed by atoms with Gasteiger partial charge in [-0.05, 0) is 19.9 Å². The van der Waals surface area contributed by atoms with Crippen LogP contribution in [0.15, 0.2) is 23.3 Å². The second-order valence-corrected chi connectivity index (χ2v) is 4.50. The molecule has 0 aromatic carbocycles. The Morgan fingerprint density at radius 1 is 1.56 bits per heavy atom. The SMILES string of the molecule is CN(CCNC1CC1)Cc1c[nH]ccc1=O. The van der Waals surface area contributed by atoms with E-state index in [0.29, 0.717) is 6.54 Å². The van der Waals surface area contributed by atoms with Gasteiger partial charge in [0.15, 0.2) is 5.43 Å². The first kappa shape index (κ1) is 11.4. The van der Waals surface area contributed by atoms with E-state index in [9.17, 15) is 4.79 Å². The van der Waals surface area contributed by atoms with Crippen LogP contribution in [-0.4, -0.2) is 36.1 Å². The third kappa shape index (κ3) is 3.47. The molecule has 4 nitrogen and oxygen atoms in total. The van der Waals surface area contributed by atoms with Gasteiger partial charge in [0, 0.05) is 49.7 Å². The molecule has 16 heavy (non-hydrogen) atoms. The van der Waals surface area contributed by atoms with Crippen molar-refractivity contribution in [1.29, 1.82) is 0 Å². The summed E-state index contributed by atoms with van der Waals surface area (Å²) in [5.41, 5.74) is 0.942. The molecule has 0 amide bonds. The fourth-order valence-electron chi connectivity index (χ4n) is 1.69. The van der Waals surface area contributed by atoms with Crippen LogP contribution in [0.2, 0.25) is 0 Å². The van der Waals surface area contributed by atoms with Gasteiger partial charge in [0.05, 0.1) is 0 Å². The summed E-state index contributed by atoms with van der Waals surface area (Å²) in [6.07, 6.45) is 6.10. The first-order chi connectivity index (χ1) is 7.75. The number of nitrogens with one attached hydrogen (secondary N) is 2. The maximum Gasteiger partial charge on any atom is 0.186 e. The van der Waals surface area contributed by atoms with E-state index in [1.807, 2.05) is 7.05 Å². The van der Waals surface area contributed by atoms with Crippen LogP contribution < -0.4 is 10.7 Å². The van der Waals surface area contributed by atoms with Crippen LogP contribution in [0.3, 0.4) is 0 Å². The van der Waals surface area contributed by atoms with E-state index >= 15 is 0 Å². The summed E-state index contributed by atoms with van der Waals surface area (Å²) in [4.78, 5) is 16.6. The van der Waals surface area contributed by atoms with Crippen molar-refractivity contribution in [3.8, 4) is 0 Å². The molecule has 0 bridgehead atoms. The number of rotatable bonds is 6. The Labute approximate surface area is 95.7 Å². The van der Waals surface area contributed by atoms with E-state index in [0.717, 1.165) is 24.7 Å². The lowest BCUT2D eigenvalue weighted by molar-refractivity contribution is 0.323. The first-order valence-corrected chi connectivity index (χ1v) is 5.83. The van der Waals surface area contributed by atoms with Gasteiger partial charge in [-0.15, -0.1) is 0 Å². The lowest BCUT2D eigenvalue weighted by Gasteiger charge is -2.16. The van der Waals surface area contributed by atoms with Gasteiger partial charge in [-0.1, -0.05) is 0 Å². The van der Waals surface area contributed by atoms with Gasteiger partial charge < -0.3 is 15.2 Å². The molecule has 1 heterocycles. The summed E-state index contributed by atoms with van der Waals surface area (Å²) in [5, 5.41) is 3.46. The van der Waals surface area contributed by atoms with Crippen molar-refractivity contribution in [3.05, 3.63) is 34.2 Å². The minimum Gasteiger partial charge on any atom is -0.367 e. The third-order valence-electron chi connectivity index (χ3n) is 2.85. The fraction of sp³-hybridized carbons (Fsp3) is 0.583. The standard InChI is InChI=1S/C12H19N3O/c1-15(7-6-14-11-2-3-11)9-10-8-13-5-4-12(10)16/h4-5,8,11,14H,2-3,6-7,9H2,1H3,(H,13,16). The second kappa shape index (κ2) is 5.27. The number of hydrogen-bond acceptors (Lipinski definition) is 3. The van der Waals surface area contributed by atoms with Gasteiger partial charge in [0.25, 0.3) is 0 Å². The van der Waals surface area contributed by atoms with Crippen LogP contribution in [-0.2, 0) is 6.54 Å². The molecule has 1 saturated carbocycles. The van der Waals surface area contributed by atoms with Crippen LogP contribution in [0.1, 0.15) is 18.4 Å². The molecule has 4 heteroatoms. The molecule has 0 spiro atoms. The molecular weight excluding hydrogens is 202 g/mol. The summed E-state index contributed by atoms with van der Waals surface area (Å²) >= 11 is 0. The predicted octanol–water partition coefficient (Wildman–Crippen LogP) is 0.559. The van der Waals surface area contributed by atoms with E-state index in [4.69, 9.17) is 0 Å². The number of aromatic amines is 1. The van der Waals surface area contributed by atoms with Gasteiger partial charge in [0.2, 0.25) is 0 Å². The topological polar surface area (TPSA) is 48.1 Å². The molecule has 0 atom stereocenters. The van der Waals surface area contributed by atoms with Crippen molar-refractivity contribution in [2.75, 3.05) is 20.1 Å². The van der Waals surface area contributed by atoms with E-state index in [1.54, 1.807) is 18.5 Å². The molecule has 1 aliphatic carbocycles. The smallest absolute Gasteiger partial charge is 0.186 e. The number of aromatic nitrogens is 1. The Bertz CT molecular complexity index is 384. The Morgan fingerprint density at radius 3 is 3.06 bits per heavy atom. The Hall–Kier alpha value is -1.13. The van der Waals surface area contributed by atoms with Gasteiger partial charge in [-0.2, -0.15) is 0 Å². The van der Waals surface area contributed by atoms with Crippen LogP contribution in [0.25, 0.3) is 0 Å². The normalized spacial score (nSPS) is 15.6. The second-order valence-electron chi connectivity index (χ2n) is 4.50. The molecule has 0 saturated heterocycles. The van der Waals surface area contributed by atoms with Crippen LogP contribution in [0.5, 0.6) is 0 Å². The summed E-state index contributed by atoms with van der Waals surface area (Å²) in [5.74, 6) is 0. The highest BCUT2D eigenvalue weighted by Crippen LogP contribution is 2.17. The summed E-state index contributed by atoms with van der Waals surface area (Å²) in [7, 11) is 2.04. The average molecular weight is 221 g/mol. The number of hydrogen-bond donors (Lipinski definition) is 2.